The standard InChI is InChI=1S/C20H25FN2O2.ClH/c1-4-20(22,5-2)13-23-19(24)17-11-8-15(12-18(17)21)14-6-9-16(25-3)10-7-14;/h6-12H,4-5,13,22H2,1-3H3,(H,23,24);1H. The van der Waals surface area contributed by atoms with Crippen LogP contribution in [0.4, 0.5) is 4.39 Å². The van der Waals surface area contributed by atoms with Crippen molar-refractivity contribution in [1.29, 1.82) is 0 Å². The van der Waals surface area contributed by atoms with Gasteiger partial charge in [0.05, 0.1) is 12.7 Å². The van der Waals surface area contributed by atoms with E-state index in [-0.39, 0.29) is 18.0 Å². The van der Waals surface area contributed by atoms with Gasteiger partial charge in [-0.05, 0) is 48.2 Å². The number of halogens is 2. The zero-order chi connectivity index (χ0) is 18.4. The van der Waals surface area contributed by atoms with Crippen LogP contribution in [0.5, 0.6) is 5.75 Å². The van der Waals surface area contributed by atoms with Crippen molar-refractivity contribution in [3.63, 3.8) is 0 Å². The quantitative estimate of drug-likeness (QED) is 0.757. The molecule has 6 heteroatoms. The molecule has 0 spiro atoms. The van der Waals surface area contributed by atoms with E-state index in [4.69, 9.17) is 10.5 Å². The summed E-state index contributed by atoms with van der Waals surface area (Å²) in [4.78, 5) is 12.3. The number of methoxy groups -OCH3 is 1. The molecule has 0 aliphatic rings. The summed E-state index contributed by atoms with van der Waals surface area (Å²) in [5.74, 6) is -0.269. The lowest BCUT2D eigenvalue weighted by Crippen LogP contribution is -2.49. The van der Waals surface area contributed by atoms with Crippen LogP contribution in [0.3, 0.4) is 0 Å². The highest BCUT2D eigenvalue weighted by atomic mass is 35.5. The van der Waals surface area contributed by atoms with Crippen LogP contribution in [0.15, 0.2) is 42.5 Å². The maximum Gasteiger partial charge on any atom is 0.254 e. The first kappa shape index (κ1) is 21.9. The van der Waals surface area contributed by atoms with Gasteiger partial charge >= 0.3 is 0 Å². The fourth-order valence-corrected chi connectivity index (χ4v) is 2.51. The van der Waals surface area contributed by atoms with E-state index in [2.05, 4.69) is 5.32 Å². The van der Waals surface area contributed by atoms with E-state index in [0.29, 0.717) is 12.1 Å². The Bertz CT molecular complexity index is 731. The van der Waals surface area contributed by atoms with Crippen molar-refractivity contribution < 1.29 is 13.9 Å². The number of hydrogen-bond donors (Lipinski definition) is 2. The van der Waals surface area contributed by atoms with Crippen molar-refractivity contribution in [3.8, 4) is 16.9 Å². The topological polar surface area (TPSA) is 64.3 Å². The number of amides is 1. The minimum absolute atomic E-state index is 0. The summed E-state index contributed by atoms with van der Waals surface area (Å²) in [6.45, 7) is 4.26. The largest absolute Gasteiger partial charge is 0.497 e. The van der Waals surface area contributed by atoms with E-state index in [9.17, 15) is 9.18 Å². The number of nitrogens with one attached hydrogen (secondary N) is 1. The van der Waals surface area contributed by atoms with Gasteiger partial charge in [0.25, 0.3) is 5.91 Å². The summed E-state index contributed by atoms with van der Waals surface area (Å²) < 4.78 is 19.5. The van der Waals surface area contributed by atoms with E-state index < -0.39 is 17.3 Å². The molecule has 142 valence electrons. The molecule has 0 radical (unpaired) electrons. The smallest absolute Gasteiger partial charge is 0.254 e. The van der Waals surface area contributed by atoms with Crippen LogP contribution in [0.1, 0.15) is 37.0 Å². The maximum absolute atomic E-state index is 14.4. The third-order valence-electron chi connectivity index (χ3n) is 4.65. The predicted molar refractivity (Wildman–Crippen MR) is 105 cm³/mol. The fraction of sp³-hybridized carbons (Fsp3) is 0.350. The van der Waals surface area contributed by atoms with E-state index in [1.807, 2.05) is 38.1 Å². The number of nitrogens with two attached hydrogens (primary N) is 1. The molecular weight excluding hydrogens is 355 g/mol. The summed E-state index contributed by atoms with van der Waals surface area (Å²) >= 11 is 0. The average Bonchev–Trinajstić information content (AvgIpc) is 2.65. The SMILES string of the molecule is CCC(N)(CC)CNC(=O)c1ccc(-c2ccc(OC)cc2)cc1F.Cl. The molecule has 0 aromatic heterocycles. The molecule has 0 atom stereocenters. The molecule has 0 aliphatic heterocycles. The normalized spacial score (nSPS) is 10.8. The zero-order valence-electron chi connectivity index (χ0n) is 15.3. The minimum atomic E-state index is -0.554. The number of ether oxygens (including phenoxy) is 1. The molecule has 0 aliphatic carbocycles. The Balaban J connectivity index is 0.00000338. The summed E-state index contributed by atoms with van der Waals surface area (Å²) in [6, 6.07) is 11.9. The first-order valence-electron chi connectivity index (χ1n) is 8.43. The summed E-state index contributed by atoms with van der Waals surface area (Å²) in [6.07, 6.45) is 1.48. The van der Waals surface area contributed by atoms with Gasteiger partial charge in [0.2, 0.25) is 0 Å². The van der Waals surface area contributed by atoms with Gasteiger partial charge in [-0.15, -0.1) is 12.4 Å². The second-order valence-corrected chi connectivity index (χ2v) is 6.18. The van der Waals surface area contributed by atoms with Gasteiger partial charge in [-0.25, -0.2) is 4.39 Å². The number of carbonyl (C=O) groups excluding carboxylic acids is 1. The second-order valence-electron chi connectivity index (χ2n) is 6.18. The third-order valence-corrected chi connectivity index (χ3v) is 4.65. The lowest BCUT2D eigenvalue weighted by atomic mass is 9.94. The van der Waals surface area contributed by atoms with Crippen LogP contribution in [-0.4, -0.2) is 25.1 Å². The van der Waals surface area contributed by atoms with E-state index in [0.717, 1.165) is 24.2 Å². The van der Waals surface area contributed by atoms with Crippen molar-refractivity contribution in [2.24, 2.45) is 5.73 Å². The van der Waals surface area contributed by atoms with Crippen molar-refractivity contribution in [2.45, 2.75) is 32.2 Å². The Labute approximate surface area is 160 Å². The third kappa shape index (κ3) is 5.19. The Kier molecular flexibility index (Phi) is 8.06. The molecule has 0 bridgehead atoms. The van der Waals surface area contributed by atoms with Gasteiger partial charge in [0.1, 0.15) is 11.6 Å². The highest BCUT2D eigenvalue weighted by Crippen LogP contribution is 2.24. The van der Waals surface area contributed by atoms with Crippen LogP contribution < -0.4 is 15.8 Å². The molecule has 0 unspecified atom stereocenters. The summed E-state index contributed by atoms with van der Waals surface area (Å²) in [7, 11) is 1.59. The van der Waals surface area contributed by atoms with Gasteiger partial charge in [-0.2, -0.15) is 0 Å². The van der Waals surface area contributed by atoms with Crippen molar-refractivity contribution in [1.82, 2.24) is 5.32 Å². The lowest BCUT2D eigenvalue weighted by Gasteiger charge is -2.26. The summed E-state index contributed by atoms with van der Waals surface area (Å²) in [5, 5.41) is 2.74. The molecule has 3 N–H and O–H groups in total. The Morgan fingerprint density at radius 2 is 1.69 bits per heavy atom. The highest BCUT2D eigenvalue weighted by molar-refractivity contribution is 5.95. The van der Waals surface area contributed by atoms with E-state index >= 15 is 0 Å². The molecule has 0 saturated heterocycles. The Morgan fingerprint density at radius 1 is 1.12 bits per heavy atom. The average molecular weight is 381 g/mol. The van der Waals surface area contributed by atoms with Crippen LogP contribution in [0, 0.1) is 5.82 Å². The first-order chi connectivity index (χ1) is 11.9. The number of carbonyl (C=O) groups is 1. The van der Waals surface area contributed by atoms with Crippen molar-refractivity contribution in [3.05, 3.63) is 53.8 Å². The Hall–Kier alpha value is -2.11. The van der Waals surface area contributed by atoms with Gasteiger partial charge in [-0.1, -0.05) is 32.0 Å². The monoisotopic (exact) mass is 380 g/mol. The molecule has 1 amide bonds. The predicted octanol–water partition coefficient (Wildman–Crippen LogP) is 4.17. The van der Waals surface area contributed by atoms with Gasteiger partial charge < -0.3 is 15.8 Å². The first-order valence-corrected chi connectivity index (χ1v) is 8.43. The number of benzene rings is 2. The van der Waals surface area contributed by atoms with Gasteiger partial charge in [0, 0.05) is 12.1 Å². The summed E-state index contributed by atoms with van der Waals surface area (Å²) in [5.41, 5.74) is 7.28. The van der Waals surface area contributed by atoms with Crippen LogP contribution in [-0.2, 0) is 0 Å². The van der Waals surface area contributed by atoms with Crippen molar-refractivity contribution >= 4 is 18.3 Å². The minimum Gasteiger partial charge on any atom is -0.497 e. The molecule has 4 nitrogen and oxygen atoms in total. The van der Waals surface area contributed by atoms with Crippen LogP contribution in [0.2, 0.25) is 0 Å². The maximum atomic E-state index is 14.4. The molecule has 2 aromatic carbocycles. The second kappa shape index (κ2) is 9.55. The van der Waals surface area contributed by atoms with Gasteiger partial charge in [0.15, 0.2) is 0 Å². The van der Waals surface area contributed by atoms with Crippen LogP contribution >= 0.6 is 12.4 Å². The number of rotatable bonds is 7. The molecule has 26 heavy (non-hydrogen) atoms. The van der Waals surface area contributed by atoms with E-state index in [1.165, 1.54) is 12.1 Å². The molecule has 0 fully saturated rings. The fourth-order valence-electron chi connectivity index (χ4n) is 2.51. The van der Waals surface area contributed by atoms with E-state index in [1.54, 1.807) is 13.2 Å². The number of hydrogen-bond acceptors (Lipinski definition) is 3. The lowest BCUT2D eigenvalue weighted by molar-refractivity contribution is 0.0938. The molecule has 2 aromatic rings. The Morgan fingerprint density at radius 3 is 2.19 bits per heavy atom. The zero-order valence-corrected chi connectivity index (χ0v) is 16.2. The molecule has 2 rings (SSSR count). The highest BCUT2D eigenvalue weighted by Gasteiger charge is 2.22. The molecule has 0 saturated carbocycles. The molecular formula is C20H26ClFN2O2. The molecule has 0 heterocycles. The van der Waals surface area contributed by atoms with Crippen LogP contribution in [0.25, 0.3) is 11.1 Å². The van der Waals surface area contributed by atoms with Gasteiger partial charge in [-0.3, -0.25) is 4.79 Å². The van der Waals surface area contributed by atoms with Crippen molar-refractivity contribution in [2.75, 3.05) is 13.7 Å².